The molecule has 0 aromatic heterocycles. The molecule has 1 saturated heterocycles. The van der Waals surface area contributed by atoms with Gasteiger partial charge in [0, 0.05) is 31.3 Å². The molecule has 1 aliphatic rings. The Morgan fingerprint density at radius 2 is 1.70 bits per heavy atom. The van der Waals surface area contributed by atoms with E-state index in [4.69, 9.17) is 0 Å². The van der Waals surface area contributed by atoms with Crippen LogP contribution in [0.5, 0.6) is 0 Å². The van der Waals surface area contributed by atoms with E-state index in [0.29, 0.717) is 17.9 Å². The third-order valence-electron chi connectivity index (χ3n) is 3.24. The van der Waals surface area contributed by atoms with Gasteiger partial charge in [-0.05, 0) is 31.2 Å². The van der Waals surface area contributed by atoms with Gasteiger partial charge in [0.05, 0.1) is 5.41 Å². The standard InChI is InChI=1S/C14H17N3O3/c1-9(18)16-10-3-5-11(6-4-10)17-13(20)14(2)7-12(19)15-8-14/h3-6H,7-8H2,1-2H3,(H,15,19)(H,16,18)(H,17,20). The first-order chi connectivity index (χ1) is 9.39. The second kappa shape index (κ2) is 5.32. The zero-order valence-electron chi connectivity index (χ0n) is 11.4. The summed E-state index contributed by atoms with van der Waals surface area (Å²) in [6.45, 7) is 3.54. The lowest BCUT2D eigenvalue weighted by atomic mass is 9.88. The van der Waals surface area contributed by atoms with Crippen LogP contribution in [0.1, 0.15) is 20.3 Å². The fraction of sp³-hybridized carbons (Fsp3) is 0.357. The summed E-state index contributed by atoms with van der Waals surface area (Å²) < 4.78 is 0. The first-order valence-corrected chi connectivity index (χ1v) is 6.35. The fourth-order valence-electron chi connectivity index (χ4n) is 2.06. The van der Waals surface area contributed by atoms with Gasteiger partial charge in [-0.25, -0.2) is 0 Å². The summed E-state index contributed by atoms with van der Waals surface area (Å²) in [5.74, 6) is -0.448. The third kappa shape index (κ3) is 3.14. The van der Waals surface area contributed by atoms with Crippen LogP contribution in [0.15, 0.2) is 24.3 Å². The van der Waals surface area contributed by atoms with Crippen molar-refractivity contribution in [2.45, 2.75) is 20.3 Å². The van der Waals surface area contributed by atoms with Crippen molar-refractivity contribution in [3.8, 4) is 0 Å². The average Bonchev–Trinajstić information content (AvgIpc) is 2.72. The van der Waals surface area contributed by atoms with E-state index in [-0.39, 0.29) is 24.1 Å². The van der Waals surface area contributed by atoms with E-state index >= 15 is 0 Å². The number of amides is 3. The van der Waals surface area contributed by atoms with E-state index in [0.717, 1.165) is 0 Å². The van der Waals surface area contributed by atoms with Crippen LogP contribution in [0.4, 0.5) is 11.4 Å². The molecule has 20 heavy (non-hydrogen) atoms. The van der Waals surface area contributed by atoms with E-state index in [1.165, 1.54) is 6.92 Å². The molecule has 0 aliphatic carbocycles. The quantitative estimate of drug-likeness (QED) is 0.772. The predicted molar refractivity (Wildman–Crippen MR) is 75.1 cm³/mol. The minimum absolute atomic E-state index is 0.108. The maximum atomic E-state index is 12.2. The average molecular weight is 275 g/mol. The van der Waals surface area contributed by atoms with Gasteiger partial charge in [0.2, 0.25) is 17.7 Å². The van der Waals surface area contributed by atoms with Crippen LogP contribution in [0.2, 0.25) is 0 Å². The van der Waals surface area contributed by atoms with Crippen LogP contribution in [-0.2, 0) is 14.4 Å². The molecule has 0 radical (unpaired) electrons. The van der Waals surface area contributed by atoms with Gasteiger partial charge in [-0.2, -0.15) is 0 Å². The van der Waals surface area contributed by atoms with Crippen molar-refractivity contribution < 1.29 is 14.4 Å². The Kier molecular flexibility index (Phi) is 3.74. The maximum absolute atomic E-state index is 12.2. The van der Waals surface area contributed by atoms with Crippen LogP contribution < -0.4 is 16.0 Å². The predicted octanol–water partition coefficient (Wildman–Crippen LogP) is 1.11. The van der Waals surface area contributed by atoms with E-state index in [9.17, 15) is 14.4 Å². The van der Waals surface area contributed by atoms with Crippen LogP contribution in [-0.4, -0.2) is 24.3 Å². The van der Waals surface area contributed by atoms with Crippen molar-refractivity contribution in [1.82, 2.24) is 5.32 Å². The number of nitrogens with one attached hydrogen (secondary N) is 3. The van der Waals surface area contributed by atoms with E-state index in [1.807, 2.05) is 0 Å². The molecule has 1 atom stereocenters. The summed E-state index contributed by atoms with van der Waals surface area (Å²) in [5, 5.41) is 8.09. The van der Waals surface area contributed by atoms with E-state index < -0.39 is 5.41 Å². The monoisotopic (exact) mass is 275 g/mol. The van der Waals surface area contributed by atoms with E-state index in [2.05, 4.69) is 16.0 Å². The molecule has 1 fully saturated rings. The van der Waals surface area contributed by atoms with Gasteiger partial charge in [-0.3, -0.25) is 14.4 Å². The normalized spacial score (nSPS) is 21.2. The van der Waals surface area contributed by atoms with Crippen molar-refractivity contribution in [2.24, 2.45) is 5.41 Å². The highest BCUT2D eigenvalue weighted by molar-refractivity contribution is 6.00. The van der Waals surface area contributed by atoms with Gasteiger partial charge >= 0.3 is 0 Å². The van der Waals surface area contributed by atoms with Crippen molar-refractivity contribution in [3.63, 3.8) is 0 Å². The summed E-state index contributed by atoms with van der Waals surface area (Å²) in [4.78, 5) is 34.3. The molecule has 2 rings (SSSR count). The summed E-state index contributed by atoms with van der Waals surface area (Å²) in [5.41, 5.74) is 0.581. The minimum atomic E-state index is -0.715. The maximum Gasteiger partial charge on any atom is 0.232 e. The smallest absolute Gasteiger partial charge is 0.232 e. The lowest BCUT2D eigenvalue weighted by Crippen LogP contribution is -2.35. The zero-order valence-corrected chi connectivity index (χ0v) is 11.4. The molecule has 1 aromatic rings. The number of anilines is 2. The molecule has 0 spiro atoms. The Morgan fingerprint density at radius 3 is 2.15 bits per heavy atom. The van der Waals surface area contributed by atoms with Crippen molar-refractivity contribution in [3.05, 3.63) is 24.3 Å². The first kappa shape index (κ1) is 14.0. The number of benzene rings is 1. The highest BCUT2D eigenvalue weighted by atomic mass is 16.2. The Hall–Kier alpha value is -2.37. The fourth-order valence-corrected chi connectivity index (χ4v) is 2.06. The lowest BCUT2D eigenvalue weighted by molar-refractivity contribution is -0.126. The molecule has 0 bridgehead atoms. The van der Waals surface area contributed by atoms with Gasteiger partial charge in [0.15, 0.2) is 0 Å². The number of carbonyl (C=O) groups is 3. The summed E-state index contributed by atoms with van der Waals surface area (Å²) in [7, 11) is 0. The highest BCUT2D eigenvalue weighted by Crippen LogP contribution is 2.27. The lowest BCUT2D eigenvalue weighted by Gasteiger charge is -2.20. The summed E-state index contributed by atoms with van der Waals surface area (Å²) in [6.07, 6.45) is 0.197. The van der Waals surface area contributed by atoms with E-state index in [1.54, 1.807) is 31.2 Å². The van der Waals surface area contributed by atoms with Crippen molar-refractivity contribution >= 4 is 29.1 Å². The number of hydrogen-bond acceptors (Lipinski definition) is 3. The molecule has 6 nitrogen and oxygen atoms in total. The highest BCUT2D eigenvalue weighted by Gasteiger charge is 2.40. The van der Waals surface area contributed by atoms with Crippen LogP contribution in [0, 0.1) is 5.41 Å². The van der Waals surface area contributed by atoms with Crippen LogP contribution in [0.25, 0.3) is 0 Å². The summed E-state index contributed by atoms with van der Waals surface area (Å²) >= 11 is 0. The molecule has 1 aliphatic heterocycles. The van der Waals surface area contributed by atoms with Gasteiger partial charge in [0.25, 0.3) is 0 Å². The molecule has 3 amide bonds. The summed E-state index contributed by atoms with van der Waals surface area (Å²) in [6, 6.07) is 6.82. The molecule has 1 heterocycles. The molecular weight excluding hydrogens is 258 g/mol. The largest absolute Gasteiger partial charge is 0.355 e. The number of hydrogen-bond donors (Lipinski definition) is 3. The Balaban J connectivity index is 2.01. The van der Waals surface area contributed by atoms with Crippen LogP contribution >= 0.6 is 0 Å². The molecule has 1 aromatic carbocycles. The van der Waals surface area contributed by atoms with Gasteiger partial charge in [-0.15, -0.1) is 0 Å². The number of rotatable bonds is 3. The Bertz CT molecular complexity index is 553. The Labute approximate surface area is 116 Å². The minimum Gasteiger partial charge on any atom is -0.355 e. The number of carbonyl (C=O) groups excluding carboxylic acids is 3. The molecule has 106 valence electrons. The first-order valence-electron chi connectivity index (χ1n) is 6.35. The second-order valence-corrected chi connectivity index (χ2v) is 5.23. The molecule has 3 N–H and O–H groups in total. The van der Waals surface area contributed by atoms with Crippen molar-refractivity contribution in [2.75, 3.05) is 17.2 Å². The van der Waals surface area contributed by atoms with Gasteiger partial charge < -0.3 is 16.0 Å². The second-order valence-electron chi connectivity index (χ2n) is 5.23. The molecule has 1 unspecified atom stereocenters. The molecule has 6 heteroatoms. The topological polar surface area (TPSA) is 87.3 Å². The molecule has 0 saturated carbocycles. The van der Waals surface area contributed by atoms with Gasteiger partial charge in [-0.1, -0.05) is 0 Å². The Morgan fingerprint density at radius 1 is 1.15 bits per heavy atom. The van der Waals surface area contributed by atoms with Crippen molar-refractivity contribution in [1.29, 1.82) is 0 Å². The zero-order chi connectivity index (χ0) is 14.8. The van der Waals surface area contributed by atoms with Crippen LogP contribution in [0.3, 0.4) is 0 Å². The molecular formula is C14H17N3O3. The SMILES string of the molecule is CC(=O)Nc1ccc(NC(=O)C2(C)CNC(=O)C2)cc1. The third-order valence-corrected chi connectivity index (χ3v) is 3.24. The van der Waals surface area contributed by atoms with Gasteiger partial charge in [0.1, 0.15) is 0 Å².